The Hall–Kier alpha value is -4.03. The summed E-state index contributed by atoms with van der Waals surface area (Å²) in [6.07, 6.45) is 4.42. The van der Waals surface area contributed by atoms with Crippen LogP contribution in [-0.4, -0.2) is 69.9 Å². The van der Waals surface area contributed by atoms with Crippen molar-refractivity contribution in [3.63, 3.8) is 0 Å². The van der Waals surface area contributed by atoms with Crippen LogP contribution in [-0.2, 0) is 31.7 Å². The molecule has 1 fully saturated rings. The van der Waals surface area contributed by atoms with Crippen LogP contribution in [0.15, 0.2) is 30.9 Å². The summed E-state index contributed by atoms with van der Waals surface area (Å²) in [7, 11) is 1.17. The van der Waals surface area contributed by atoms with E-state index in [1.165, 1.54) is 68.7 Å². The van der Waals surface area contributed by atoms with Crippen LogP contribution in [0.4, 0.5) is 18.0 Å². The lowest BCUT2D eigenvalue weighted by Crippen LogP contribution is -2.46. The van der Waals surface area contributed by atoms with Crippen molar-refractivity contribution >= 4 is 28.9 Å². The van der Waals surface area contributed by atoms with Gasteiger partial charge in [0.05, 0.1) is 12.6 Å². The first-order valence-electron chi connectivity index (χ1n) is 16.8. The molecule has 3 N–H and O–H groups in total. The maximum absolute atomic E-state index is 13.5. The first-order chi connectivity index (χ1) is 22.9. The van der Waals surface area contributed by atoms with Crippen LogP contribution in [0.3, 0.4) is 0 Å². The molecule has 0 spiro atoms. The Morgan fingerprint density at radius 3 is 2.27 bits per heavy atom. The minimum atomic E-state index is -4.90. The lowest BCUT2D eigenvalue weighted by atomic mass is 9.94. The molecule has 2 heterocycles. The second-order valence-corrected chi connectivity index (χ2v) is 12.9. The summed E-state index contributed by atoms with van der Waals surface area (Å²) >= 11 is 0. The highest BCUT2D eigenvalue weighted by atomic mass is 19.4. The highest BCUT2D eigenvalue weighted by molar-refractivity contribution is 5.88. The molecule has 0 radical (unpaired) electrons. The predicted molar refractivity (Wildman–Crippen MR) is 183 cm³/mol. The summed E-state index contributed by atoms with van der Waals surface area (Å²) < 4.78 is 50.4. The van der Waals surface area contributed by atoms with Gasteiger partial charge in [0.2, 0.25) is 5.91 Å². The first-order valence-corrected chi connectivity index (χ1v) is 16.8. The van der Waals surface area contributed by atoms with Crippen molar-refractivity contribution in [3.05, 3.63) is 42.1 Å². The third kappa shape index (κ3) is 14.5. The molecule has 0 aliphatic carbocycles. The topological polar surface area (TPSA) is 138 Å². The zero-order chi connectivity index (χ0) is 37.4. The monoisotopic (exact) mass is 697 g/mol. The Kier molecular flexibility index (Phi) is 18.0. The SMILES string of the molecule is C=CCCCCC.CCCC.COC(=O)C1CC(CCc2c(O)c(C(F)(F)F)nc3ccc(O)cc23)CN1C(=O)CNC(=O)OC(C)(C)C. The summed E-state index contributed by atoms with van der Waals surface area (Å²) in [5.74, 6) is -2.80. The molecule has 2 unspecified atom stereocenters. The number of rotatable bonds is 11. The third-order valence-corrected chi connectivity index (χ3v) is 7.59. The van der Waals surface area contributed by atoms with Crippen LogP contribution in [0.25, 0.3) is 10.9 Å². The van der Waals surface area contributed by atoms with Gasteiger partial charge in [-0.15, -0.1) is 6.58 Å². The van der Waals surface area contributed by atoms with Crippen molar-refractivity contribution < 1.29 is 47.2 Å². The average molecular weight is 698 g/mol. The van der Waals surface area contributed by atoms with Crippen LogP contribution in [0, 0.1) is 5.92 Å². The van der Waals surface area contributed by atoms with Gasteiger partial charge in [-0.1, -0.05) is 52.5 Å². The average Bonchev–Trinajstić information content (AvgIpc) is 3.46. The molecule has 3 rings (SSSR count). The quantitative estimate of drug-likeness (QED) is 0.122. The molecule has 2 aromatic rings. The number of hydrogen-bond acceptors (Lipinski definition) is 8. The molecule has 2 atom stereocenters. The molecule has 276 valence electrons. The van der Waals surface area contributed by atoms with E-state index in [0.717, 1.165) is 0 Å². The van der Waals surface area contributed by atoms with Gasteiger partial charge >= 0.3 is 18.2 Å². The van der Waals surface area contributed by atoms with Crippen LogP contribution in [0.1, 0.15) is 104 Å². The number of hydrogen-bond donors (Lipinski definition) is 3. The summed E-state index contributed by atoms with van der Waals surface area (Å²) in [4.78, 5) is 41.9. The van der Waals surface area contributed by atoms with Crippen molar-refractivity contribution in [2.45, 2.75) is 117 Å². The van der Waals surface area contributed by atoms with Gasteiger partial charge in [0.25, 0.3) is 0 Å². The molecule has 0 saturated carbocycles. The fourth-order valence-corrected chi connectivity index (χ4v) is 4.98. The van der Waals surface area contributed by atoms with Gasteiger partial charge in [0.15, 0.2) is 5.69 Å². The van der Waals surface area contributed by atoms with Gasteiger partial charge in [0, 0.05) is 17.5 Å². The van der Waals surface area contributed by atoms with E-state index in [1.807, 2.05) is 6.08 Å². The number of aromatic hydroxyl groups is 2. The third-order valence-electron chi connectivity index (χ3n) is 7.59. The first kappa shape index (κ1) is 43.0. The molecule has 49 heavy (non-hydrogen) atoms. The number of phenols is 1. The van der Waals surface area contributed by atoms with Crippen molar-refractivity contribution in [1.82, 2.24) is 15.2 Å². The molecule has 1 aromatic carbocycles. The number of pyridine rings is 1. The van der Waals surface area contributed by atoms with Gasteiger partial charge in [-0.3, -0.25) is 4.79 Å². The normalized spacial score (nSPS) is 15.8. The second-order valence-electron chi connectivity index (χ2n) is 12.9. The number of carbonyl (C=O) groups is 3. The van der Waals surface area contributed by atoms with E-state index in [-0.39, 0.29) is 53.9 Å². The van der Waals surface area contributed by atoms with Gasteiger partial charge in [0.1, 0.15) is 29.7 Å². The molecule has 0 bridgehead atoms. The molecular formula is C36H54F3N3O7. The summed E-state index contributed by atoms with van der Waals surface area (Å²) in [6.45, 7) is 14.8. The zero-order valence-electron chi connectivity index (χ0n) is 29.9. The highest BCUT2D eigenvalue weighted by Gasteiger charge is 2.41. The molecule has 13 heteroatoms. The van der Waals surface area contributed by atoms with Crippen molar-refractivity contribution in [1.29, 1.82) is 0 Å². The number of esters is 1. The van der Waals surface area contributed by atoms with Gasteiger partial charge < -0.3 is 29.9 Å². The number of fused-ring (bicyclic) bond motifs is 1. The Morgan fingerprint density at radius 2 is 1.73 bits per heavy atom. The fraction of sp³-hybridized carbons (Fsp3) is 0.611. The van der Waals surface area contributed by atoms with Gasteiger partial charge in [-0.25, -0.2) is 14.6 Å². The number of amides is 2. The maximum atomic E-state index is 13.5. The standard InChI is InChI=1S/C25H30F3N3O7.C7H14.C4H10/c1-24(2,3)38-23(36)29-11-19(33)31-12-13(9-18(31)22(35)37-4)5-7-15-16-10-14(32)6-8-17(16)30-21(20(15)34)25(26,27)28;1-3-5-7-6-4-2;1-3-4-2/h6,8,10,13,18,32,34H,5,7,9,11-12H2,1-4H3,(H,29,36);3H,1,4-7H2,2H3;3-4H2,1-2H3. The lowest BCUT2D eigenvalue weighted by Gasteiger charge is -2.24. The Balaban J connectivity index is 0.000000942. The van der Waals surface area contributed by atoms with E-state index in [4.69, 9.17) is 9.47 Å². The minimum Gasteiger partial charge on any atom is -0.508 e. The maximum Gasteiger partial charge on any atom is 0.437 e. The minimum absolute atomic E-state index is 0.0475. The second kappa shape index (κ2) is 20.5. The molecule has 1 aliphatic heterocycles. The largest absolute Gasteiger partial charge is 0.508 e. The molecule has 1 aliphatic rings. The van der Waals surface area contributed by atoms with E-state index in [1.54, 1.807) is 20.8 Å². The lowest BCUT2D eigenvalue weighted by molar-refractivity contribution is -0.150. The number of unbranched alkanes of at least 4 members (excludes halogenated alkanes) is 4. The Labute approximate surface area is 288 Å². The fourth-order valence-electron chi connectivity index (χ4n) is 4.98. The summed E-state index contributed by atoms with van der Waals surface area (Å²) in [5, 5.41) is 22.8. The van der Waals surface area contributed by atoms with Crippen LogP contribution >= 0.6 is 0 Å². The number of benzene rings is 1. The molecular weight excluding hydrogens is 643 g/mol. The van der Waals surface area contributed by atoms with Gasteiger partial charge in [-0.05, 0) is 77.0 Å². The van der Waals surface area contributed by atoms with Crippen LogP contribution < -0.4 is 5.32 Å². The number of alkyl halides is 3. The molecule has 2 amide bonds. The zero-order valence-corrected chi connectivity index (χ0v) is 29.9. The molecule has 1 saturated heterocycles. The number of alkyl carbamates (subject to hydrolysis) is 1. The Bertz CT molecular complexity index is 1370. The number of nitrogens with zero attached hydrogens (tertiary/aromatic N) is 2. The number of ether oxygens (including phenoxy) is 2. The van der Waals surface area contributed by atoms with E-state index in [9.17, 15) is 37.8 Å². The molecule has 10 nitrogen and oxygen atoms in total. The summed E-state index contributed by atoms with van der Waals surface area (Å²) in [6, 6.07) is 2.70. The smallest absolute Gasteiger partial charge is 0.437 e. The Morgan fingerprint density at radius 1 is 1.08 bits per heavy atom. The number of aromatic nitrogens is 1. The number of methoxy groups -OCH3 is 1. The number of likely N-dealkylation sites (tertiary alicyclic amines) is 1. The number of halogens is 3. The summed E-state index contributed by atoms with van der Waals surface area (Å²) in [5.41, 5.74) is -2.31. The number of phenolic OH excluding ortho intramolecular Hbond substituents is 1. The van der Waals surface area contributed by atoms with Crippen LogP contribution in [0.2, 0.25) is 0 Å². The van der Waals surface area contributed by atoms with E-state index < -0.39 is 53.8 Å². The number of carbonyl (C=O) groups excluding carboxylic acids is 3. The van der Waals surface area contributed by atoms with Crippen LogP contribution in [0.5, 0.6) is 11.5 Å². The van der Waals surface area contributed by atoms with Crippen molar-refractivity contribution in [3.8, 4) is 11.5 Å². The van der Waals surface area contributed by atoms with Gasteiger partial charge in [-0.2, -0.15) is 13.2 Å². The van der Waals surface area contributed by atoms with Crippen molar-refractivity contribution in [2.24, 2.45) is 5.92 Å². The highest BCUT2D eigenvalue weighted by Crippen LogP contribution is 2.41. The molecule has 1 aromatic heterocycles. The number of allylic oxidation sites excluding steroid dienone is 1. The number of nitrogens with one attached hydrogen (secondary N) is 1. The van der Waals surface area contributed by atoms with E-state index >= 15 is 0 Å². The predicted octanol–water partition coefficient (Wildman–Crippen LogP) is 8.07. The van der Waals surface area contributed by atoms with E-state index in [2.05, 4.69) is 37.7 Å². The van der Waals surface area contributed by atoms with Crippen molar-refractivity contribution in [2.75, 3.05) is 20.2 Å². The number of aryl methyl sites for hydroxylation is 1. The van der Waals surface area contributed by atoms with E-state index in [0.29, 0.717) is 0 Å².